The number of aryl methyl sites for hydroxylation is 2. The Hall–Kier alpha value is -3.34. The van der Waals surface area contributed by atoms with Gasteiger partial charge in [0.05, 0.1) is 23.6 Å². The van der Waals surface area contributed by atoms with Gasteiger partial charge in [-0.15, -0.1) is 11.3 Å². The Morgan fingerprint density at radius 3 is 2.89 bits per heavy atom. The van der Waals surface area contributed by atoms with Crippen molar-refractivity contribution in [1.29, 1.82) is 0 Å². The van der Waals surface area contributed by atoms with Gasteiger partial charge in [0.15, 0.2) is 11.5 Å². The van der Waals surface area contributed by atoms with E-state index in [1.165, 1.54) is 26.9 Å². The third-order valence-corrected chi connectivity index (χ3v) is 5.70. The van der Waals surface area contributed by atoms with Crippen LogP contribution >= 0.6 is 11.3 Å². The Labute approximate surface area is 161 Å². The van der Waals surface area contributed by atoms with Crippen LogP contribution in [-0.4, -0.2) is 39.3 Å². The van der Waals surface area contributed by atoms with Crippen molar-refractivity contribution in [3.63, 3.8) is 0 Å². The number of thiazole rings is 1. The number of aromatic amines is 1. The molecule has 1 N–H and O–H groups in total. The average molecular weight is 398 g/mol. The maximum absolute atomic E-state index is 13.9. The fourth-order valence-corrected chi connectivity index (χ4v) is 4.45. The van der Waals surface area contributed by atoms with Gasteiger partial charge in [-0.25, -0.2) is 14.1 Å². The molecule has 0 aliphatic heterocycles. The van der Waals surface area contributed by atoms with Crippen LogP contribution in [-0.2, 0) is 27.1 Å². The summed E-state index contributed by atoms with van der Waals surface area (Å²) < 4.78 is 19.2. The minimum absolute atomic E-state index is 0.0290. The normalized spacial score (nSPS) is 11.8. The molecule has 0 fully saturated rings. The van der Waals surface area contributed by atoms with Crippen LogP contribution in [0, 0.1) is 5.82 Å². The molecule has 5 heterocycles. The van der Waals surface area contributed by atoms with Gasteiger partial charge in [0, 0.05) is 37.8 Å². The van der Waals surface area contributed by atoms with Gasteiger partial charge >= 0.3 is 0 Å². The van der Waals surface area contributed by atoms with Crippen molar-refractivity contribution in [2.45, 2.75) is 13.0 Å². The summed E-state index contributed by atoms with van der Waals surface area (Å²) in [5.74, 6) is -0.464. The first-order valence-electron chi connectivity index (χ1n) is 8.51. The third-order valence-electron chi connectivity index (χ3n) is 4.62. The van der Waals surface area contributed by atoms with Gasteiger partial charge in [0.1, 0.15) is 16.2 Å². The van der Waals surface area contributed by atoms with E-state index < -0.39 is 5.82 Å². The zero-order chi connectivity index (χ0) is 19.4. The maximum atomic E-state index is 13.9. The third kappa shape index (κ3) is 2.54. The molecule has 0 aliphatic carbocycles. The molecule has 0 radical (unpaired) electrons. The molecular formula is C17H15FN8OS. The van der Waals surface area contributed by atoms with Crippen molar-refractivity contribution >= 4 is 32.6 Å². The number of nitrogens with zero attached hydrogens (tertiary/aromatic N) is 7. The van der Waals surface area contributed by atoms with E-state index in [1.54, 1.807) is 31.1 Å². The molecule has 9 nitrogen and oxygen atoms in total. The number of H-pyrrole nitrogens is 1. The zero-order valence-electron chi connectivity index (χ0n) is 15.0. The standard InChI is InChI=1S/C17H15FN8OS/c1-24-7-11(18)12(23-24)8-26-17(27)14-10(6-20-26)15-16(25(14)2)21-13(28-15)5-9-3-4-19-22-9/h3-4,6-7H,5,8H2,1-2H3,(H,19,22). The molecule has 11 heteroatoms. The van der Waals surface area contributed by atoms with Gasteiger partial charge in [0.2, 0.25) is 0 Å². The number of hydrogen-bond donors (Lipinski definition) is 1. The highest BCUT2D eigenvalue weighted by atomic mass is 32.1. The monoisotopic (exact) mass is 398 g/mol. The molecular weight excluding hydrogens is 383 g/mol. The molecule has 5 aromatic rings. The lowest BCUT2D eigenvalue weighted by Gasteiger charge is -2.04. The summed E-state index contributed by atoms with van der Waals surface area (Å²) in [5, 5.41) is 16.8. The molecule has 0 aromatic carbocycles. The van der Waals surface area contributed by atoms with E-state index in [0.29, 0.717) is 11.9 Å². The lowest BCUT2D eigenvalue weighted by molar-refractivity contribution is 0.569. The Balaban J connectivity index is 1.60. The van der Waals surface area contributed by atoms with Gasteiger partial charge in [-0.3, -0.25) is 14.6 Å². The molecule has 0 aliphatic rings. The van der Waals surface area contributed by atoms with E-state index in [9.17, 15) is 9.18 Å². The second-order valence-electron chi connectivity index (χ2n) is 6.55. The van der Waals surface area contributed by atoms with E-state index in [-0.39, 0.29) is 17.8 Å². The Bertz CT molecular complexity index is 1370. The van der Waals surface area contributed by atoms with E-state index in [4.69, 9.17) is 0 Å². The summed E-state index contributed by atoms with van der Waals surface area (Å²) in [6.45, 7) is -0.0290. The topological polar surface area (TPSA) is 99.2 Å². The second kappa shape index (κ2) is 6.09. The van der Waals surface area contributed by atoms with E-state index in [0.717, 1.165) is 26.4 Å². The Morgan fingerprint density at radius 2 is 2.18 bits per heavy atom. The van der Waals surface area contributed by atoms with Crippen molar-refractivity contribution in [2.75, 3.05) is 0 Å². The van der Waals surface area contributed by atoms with Crippen molar-refractivity contribution in [2.24, 2.45) is 14.1 Å². The number of nitrogens with one attached hydrogen (secondary N) is 1. The van der Waals surface area contributed by atoms with Crippen LogP contribution in [0.15, 0.2) is 29.5 Å². The van der Waals surface area contributed by atoms with Crippen LogP contribution in [0.2, 0.25) is 0 Å². The molecule has 142 valence electrons. The highest BCUT2D eigenvalue weighted by Gasteiger charge is 2.19. The number of halogens is 1. The van der Waals surface area contributed by atoms with E-state index in [1.807, 2.05) is 6.07 Å². The molecule has 0 bridgehead atoms. The smallest absolute Gasteiger partial charge is 0.291 e. The Morgan fingerprint density at radius 1 is 1.32 bits per heavy atom. The zero-order valence-corrected chi connectivity index (χ0v) is 15.9. The summed E-state index contributed by atoms with van der Waals surface area (Å²) in [5.41, 5.74) is 2.07. The summed E-state index contributed by atoms with van der Waals surface area (Å²) in [6.07, 6.45) is 5.25. The van der Waals surface area contributed by atoms with E-state index >= 15 is 0 Å². The van der Waals surface area contributed by atoms with Gasteiger partial charge in [-0.2, -0.15) is 15.3 Å². The van der Waals surface area contributed by atoms with Crippen molar-refractivity contribution in [3.8, 4) is 0 Å². The van der Waals surface area contributed by atoms with Gasteiger partial charge < -0.3 is 4.57 Å². The fourth-order valence-electron chi connectivity index (χ4n) is 3.32. The summed E-state index contributed by atoms with van der Waals surface area (Å²) in [6, 6.07) is 1.90. The first-order chi connectivity index (χ1) is 13.5. The molecule has 0 amide bonds. The van der Waals surface area contributed by atoms with Crippen LogP contribution in [0.4, 0.5) is 4.39 Å². The first kappa shape index (κ1) is 16.8. The van der Waals surface area contributed by atoms with Crippen molar-refractivity contribution in [1.82, 2.24) is 39.3 Å². The molecule has 0 saturated carbocycles. The van der Waals surface area contributed by atoms with Gasteiger partial charge in [-0.05, 0) is 6.07 Å². The fraction of sp³-hybridized carbons (Fsp3) is 0.235. The van der Waals surface area contributed by atoms with Crippen molar-refractivity contribution < 1.29 is 4.39 Å². The molecule has 0 saturated heterocycles. The Kier molecular flexibility index (Phi) is 3.66. The van der Waals surface area contributed by atoms with Crippen LogP contribution in [0.1, 0.15) is 16.4 Å². The van der Waals surface area contributed by atoms with Crippen molar-refractivity contribution in [3.05, 3.63) is 57.2 Å². The highest BCUT2D eigenvalue weighted by Crippen LogP contribution is 2.31. The van der Waals surface area contributed by atoms with Gasteiger partial charge in [-0.1, -0.05) is 0 Å². The van der Waals surface area contributed by atoms with Crippen LogP contribution in [0.3, 0.4) is 0 Å². The number of aromatic nitrogens is 8. The van der Waals surface area contributed by atoms with E-state index in [2.05, 4.69) is 25.4 Å². The van der Waals surface area contributed by atoms with Crippen LogP contribution in [0.25, 0.3) is 21.3 Å². The van der Waals surface area contributed by atoms with Crippen LogP contribution in [0.5, 0.6) is 0 Å². The summed E-state index contributed by atoms with van der Waals surface area (Å²) >= 11 is 1.53. The first-order valence-corrected chi connectivity index (χ1v) is 9.33. The SMILES string of the molecule is Cn1cc(F)c(Cn2ncc3c4sc(Cc5ccn[nH]5)nc4n(C)c3c2=O)n1. The minimum atomic E-state index is -0.464. The molecule has 0 atom stereocenters. The lowest BCUT2D eigenvalue weighted by Crippen LogP contribution is -2.25. The van der Waals surface area contributed by atoms with Gasteiger partial charge in [0.25, 0.3) is 5.56 Å². The van der Waals surface area contributed by atoms with Crippen LogP contribution < -0.4 is 5.56 Å². The predicted octanol–water partition coefficient (Wildman–Crippen LogP) is 1.58. The quantitative estimate of drug-likeness (QED) is 0.496. The number of rotatable bonds is 4. The number of hydrogen-bond acceptors (Lipinski definition) is 6. The average Bonchev–Trinajstić information content (AvgIpc) is 3.40. The molecule has 5 aromatic heterocycles. The maximum Gasteiger partial charge on any atom is 0.291 e. The largest absolute Gasteiger partial charge is 0.323 e. The summed E-state index contributed by atoms with van der Waals surface area (Å²) in [7, 11) is 3.43. The second-order valence-corrected chi connectivity index (χ2v) is 7.63. The number of fused-ring (bicyclic) bond motifs is 3. The predicted molar refractivity (Wildman–Crippen MR) is 102 cm³/mol. The molecule has 5 rings (SSSR count). The minimum Gasteiger partial charge on any atom is -0.323 e. The molecule has 28 heavy (non-hydrogen) atoms. The molecule has 0 spiro atoms. The highest BCUT2D eigenvalue weighted by molar-refractivity contribution is 7.19. The lowest BCUT2D eigenvalue weighted by atomic mass is 10.3. The molecule has 0 unspecified atom stereocenters. The summed E-state index contributed by atoms with van der Waals surface area (Å²) in [4.78, 5) is 17.6.